The van der Waals surface area contributed by atoms with Crippen LogP contribution in [-0.2, 0) is 6.42 Å². The molecule has 0 amide bonds. The Morgan fingerprint density at radius 3 is 2.16 bits per heavy atom. The molecule has 0 aliphatic carbocycles. The molecule has 0 aromatic heterocycles. The zero-order valence-electron chi connectivity index (χ0n) is 10.5. The van der Waals surface area contributed by atoms with Crippen LogP contribution >= 0.6 is 0 Å². The van der Waals surface area contributed by atoms with E-state index in [1.807, 2.05) is 0 Å². The van der Waals surface area contributed by atoms with Crippen molar-refractivity contribution in [3.8, 4) is 0 Å². The van der Waals surface area contributed by atoms with Crippen LogP contribution < -0.4 is 5.32 Å². The molecule has 100 valence electrons. The van der Waals surface area contributed by atoms with Crippen LogP contribution in [-0.4, -0.2) is 7.05 Å². The summed E-state index contributed by atoms with van der Waals surface area (Å²) in [4.78, 5) is 0. The summed E-state index contributed by atoms with van der Waals surface area (Å²) in [6.07, 6.45) is 0.499. The molecule has 0 heterocycles. The normalized spacial score (nSPS) is 12.4. The van der Waals surface area contributed by atoms with Crippen molar-refractivity contribution >= 4 is 0 Å². The molecule has 0 bridgehead atoms. The van der Waals surface area contributed by atoms with Gasteiger partial charge in [-0.3, -0.25) is 0 Å². The van der Waals surface area contributed by atoms with Crippen molar-refractivity contribution in [1.82, 2.24) is 5.32 Å². The number of hydrogen-bond donors (Lipinski definition) is 1. The maximum absolute atomic E-state index is 13.7. The van der Waals surface area contributed by atoms with Crippen molar-refractivity contribution in [1.29, 1.82) is 0 Å². The second kappa shape index (κ2) is 5.89. The lowest BCUT2D eigenvalue weighted by molar-refractivity contribution is 0.521. The predicted octanol–water partition coefficient (Wildman–Crippen LogP) is 3.61. The Morgan fingerprint density at radius 2 is 1.58 bits per heavy atom. The monoisotopic (exact) mass is 265 g/mol. The van der Waals surface area contributed by atoms with E-state index >= 15 is 0 Å². The minimum absolute atomic E-state index is 0.286. The topological polar surface area (TPSA) is 12.0 Å². The first-order valence-electron chi connectivity index (χ1n) is 5.97. The number of likely N-dealkylation sites (N-methyl/N-ethyl adjacent to an activating group) is 1. The fourth-order valence-corrected chi connectivity index (χ4v) is 2.01. The molecule has 19 heavy (non-hydrogen) atoms. The summed E-state index contributed by atoms with van der Waals surface area (Å²) in [6.45, 7) is 0. The van der Waals surface area contributed by atoms with Crippen LogP contribution in [0, 0.1) is 17.5 Å². The summed E-state index contributed by atoms with van der Waals surface area (Å²) in [5, 5.41) is 2.99. The first-order chi connectivity index (χ1) is 9.10. The Bertz CT molecular complexity index is 552. The smallest absolute Gasteiger partial charge is 0.130 e. The molecule has 2 aromatic rings. The molecule has 0 spiro atoms. The summed E-state index contributed by atoms with van der Waals surface area (Å²) in [5.41, 5.74) is 1.28. The molecule has 0 fully saturated rings. The molecule has 0 radical (unpaired) electrons. The van der Waals surface area contributed by atoms with Crippen LogP contribution in [0.25, 0.3) is 0 Å². The second-order valence-corrected chi connectivity index (χ2v) is 4.34. The molecule has 0 aliphatic heterocycles. The molecule has 1 N–H and O–H groups in total. The van der Waals surface area contributed by atoms with Crippen molar-refractivity contribution in [3.63, 3.8) is 0 Å². The van der Waals surface area contributed by atoms with Crippen molar-refractivity contribution in [2.75, 3.05) is 7.05 Å². The van der Waals surface area contributed by atoms with Gasteiger partial charge in [-0.2, -0.15) is 0 Å². The third-order valence-corrected chi connectivity index (χ3v) is 3.04. The standard InChI is InChI=1S/C15H14F3N/c1-19-15(8-10-2-4-11(16)5-3-10)13-7-6-12(17)9-14(13)18/h2-7,9,15,19H,8H2,1H3. The Kier molecular flexibility index (Phi) is 4.22. The fraction of sp³-hybridized carbons (Fsp3) is 0.200. The lowest BCUT2D eigenvalue weighted by Crippen LogP contribution is -2.20. The molecule has 1 nitrogen and oxygen atoms in total. The van der Waals surface area contributed by atoms with E-state index in [1.54, 1.807) is 19.2 Å². The van der Waals surface area contributed by atoms with Gasteiger partial charge >= 0.3 is 0 Å². The van der Waals surface area contributed by atoms with Gasteiger partial charge in [0.2, 0.25) is 0 Å². The van der Waals surface area contributed by atoms with E-state index < -0.39 is 11.6 Å². The van der Waals surface area contributed by atoms with Gasteiger partial charge in [0.15, 0.2) is 0 Å². The highest BCUT2D eigenvalue weighted by atomic mass is 19.1. The Hall–Kier alpha value is -1.81. The van der Waals surface area contributed by atoms with Gasteiger partial charge in [0.1, 0.15) is 17.5 Å². The minimum atomic E-state index is -0.599. The van der Waals surface area contributed by atoms with Crippen molar-refractivity contribution in [3.05, 3.63) is 71.0 Å². The van der Waals surface area contributed by atoms with Crippen LogP contribution in [0.4, 0.5) is 13.2 Å². The van der Waals surface area contributed by atoms with Gasteiger partial charge in [-0.25, -0.2) is 13.2 Å². The number of hydrogen-bond acceptors (Lipinski definition) is 1. The maximum atomic E-state index is 13.7. The highest BCUT2D eigenvalue weighted by Gasteiger charge is 2.15. The van der Waals surface area contributed by atoms with E-state index in [0.717, 1.165) is 11.6 Å². The molecule has 0 saturated heterocycles. The van der Waals surface area contributed by atoms with E-state index in [4.69, 9.17) is 0 Å². The second-order valence-electron chi connectivity index (χ2n) is 4.34. The van der Waals surface area contributed by atoms with Crippen LogP contribution in [0.3, 0.4) is 0 Å². The van der Waals surface area contributed by atoms with E-state index in [9.17, 15) is 13.2 Å². The van der Waals surface area contributed by atoms with Gasteiger partial charge in [-0.05, 0) is 37.2 Å². The molecular weight excluding hydrogens is 251 g/mol. The molecule has 2 aromatic carbocycles. The maximum Gasteiger partial charge on any atom is 0.130 e. The fourth-order valence-electron chi connectivity index (χ4n) is 2.01. The highest BCUT2D eigenvalue weighted by Crippen LogP contribution is 2.22. The van der Waals surface area contributed by atoms with Crippen LogP contribution in [0.5, 0.6) is 0 Å². The average molecular weight is 265 g/mol. The number of benzene rings is 2. The van der Waals surface area contributed by atoms with Gasteiger partial charge in [-0.15, -0.1) is 0 Å². The Labute approximate surface area is 110 Å². The minimum Gasteiger partial charge on any atom is -0.313 e. The number of rotatable bonds is 4. The highest BCUT2D eigenvalue weighted by molar-refractivity contribution is 5.25. The lowest BCUT2D eigenvalue weighted by atomic mass is 9.98. The zero-order valence-corrected chi connectivity index (χ0v) is 10.5. The summed E-state index contributed by atoms with van der Waals surface area (Å²) in [6, 6.07) is 9.27. The Morgan fingerprint density at radius 1 is 0.947 bits per heavy atom. The predicted molar refractivity (Wildman–Crippen MR) is 68.3 cm³/mol. The Balaban J connectivity index is 2.22. The van der Waals surface area contributed by atoms with E-state index in [2.05, 4.69) is 5.32 Å². The number of halogens is 3. The van der Waals surface area contributed by atoms with E-state index in [1.165, 1.54) is 24.3 Å². The summed E-state index contributed by atoms with van der Waals surface area (Å²) >= 11 is 0. The summed E-state index contributed by atoms with van der Waals surface area (Å²) in [5.74, 6) is -1.49. The molecule has 2 rings (SSSR count). The first kappa shape index (κ1) is 13.6. The van der Waals surface area contributed by atoms with Gasteiger partial charge in [-0.1, -0.05) is 18.2 Å². The first-order valence-corrected chi connectivity index (χ1v) is 5.97. The van der Waals surface area contributed by atoms with Crippen molar-refractivity contribution < 1.29 is 13.2 Å². The molecule has 0 saturated carbocycles. The molecule has 0 aliphatic rings. The quantitative estimate of drug-likeness (QED) is 0.890. The SMILES string of the molecule is CNC(Cc1ccc(F)cc1)c1ccc(F)cc1F. The largest absolute Gasteiger partial charge is 0.313 e. The van der Waals surface area contributed by atoms with Gasteiger partial charge < -0.3 is 5.32 Å². The van der Waals surface area contributed by atoms with Gasteiger partial charge in [0, 0.05) is 17.7 Å². The molecular formula is C15H14F3N. The van der Waals surface area contributed by atoms with Gasteiger partial charge in [0.05, 0.1) is 0 Å². The lowest BCUT2D eigenvalue weighted by Gasteiger charge is -2.17. The van der Waals surface area contributed by atoms with Crippen molar-refractivity contribution in [2.45, 2.75) is 12.5 Å². The van der Waals surface area contributed by atoms with Crippen LogP contribution in [0.15, 0.2) is 42.5 Å². The average Bonchev–Trinajstić information content (AvgIpc) is 2.39. The number of nitrogens with one attached hydrogen (secondary N) is 1. The molecule has 1 atom stereocenters. The summed E-state index contributed by atoms with van der Waals surface area (Å²) in [7, 11) is 1.71. The van der Waals surface area contributed by atoms with Crippen LogP contribution in [0.2, 0.25) is 0 Å². The third-order valence-electron chi connectivity index (χ3n) is 3.04. The van der Waals surface area contributed by atoms with Crippen molar-refractivity contribution in [2.24, 2.45) is 0 Å². The van der Waals surface area contributed by atoms with Crippen LogP contribution in [0.1, 0.15) is 17.2 Å². The van der Waals surface area contributed by atoms with Gasteiger partial charge in [0.25, 0.3) is 0 Å². The molecule has 4 heteroatoms. The zero-order chi connectivity index (χ0) is 13.8. The van der Waals surface area contributed by atoms with E-state index in [-0.39, 0.29) is 11.9 Å². The molecule has 1 unspecified atom stereocenters. The van der Waals surface area contributed by atoms with E-state index in [0.29, 0.717) is 12.0 Å². The third kappa shape index (κ3) is 3.35. The summed E-state index contributed by atoms with van der Waals surface area (Å²) < 4.78 is 39.4.